The Morgan fingerprint density at radius 1 is 0.966 bits per heavy atom. The lowest BCUT2D eigenvalue weighted by atomic mass is 10.1. The Morgan fingerprint density at radius 3 is 2.45 bits per heavy atom. The quantitative estimate of drug-likeness (QED) is 0.514. The van der Waals surface area contributed by atoms with Gasteiger partial charge in [-0.25, -0.2) is 4.68 Å². The number of carbonyl (C=O) groups excluding carboxylic acids is 1. The van der Waals surface area contributed by atoms with Crippen LogP contribution in [0, 0.1) is 0 Å². The van der Waals surface area contributed by atoms with E-state index in [9.17, 15) is 4.79 Å². The molecular weight excluding hydrogens is 384 g/mol. The molecule has 6 heteroatoms. The summed E-state index contributed by atoms with van der Waals surface area (Å²) in [6.45, 7) is 0.492. The van der Waals surface area contributed by atoms with E-state index in [2.05, 4.69) is 15.4 Å². The van der Waals surface area contributed by atoms with E-state index in [4.69, 9.17) is 11.6 Å². The van der Waals surface area contributed by atoms with Crippen molar-refractivity contribution < 1.29 is 4.79 Å². The molecule has 2 aromatic heterocycles. The second-order valence-electron chi connectivity index (χ2n) is 6.51. The van der Waals surface area contributed by atoms with Crippen LogP contribution >= 0.6 is 11.6 Å². The van der Waals surface area contributed by atoms with Crippen LogP contribution in [0.4, 0.5) is 0 Å². The van der Waals surface area contributed by atoms with Gasteiger partial charge in [-0.15, -0.1) is 0 Å². The second kappa shape index (κ2) is 8.71. The lowest BCUT2D eigenvalue weighted by molar-refractivity contribution is 0.0954. The van der Waals surface area contributed by atoms with E-state index in [-0.39, 0.29) is 5.91 Å². The number of carbonyl (C=O) groups is 1. The minimum atomic E-state index is -0.173. The van der Waals surface area contributed by atoms with Gasteiger partial charge in [-0.05, 0) is 36.4 Å². The van der Waals surface area contributed by atoms with Crippen LogP contribution in [0.2, 0.25) is 5.02 Å². The van der Waals surface area contributed by atoms with Gasteiger partial charge in [0.05, 0.1) is 11.3 Å². The number of hydrogen-bond acceptors (Lipinski definition) is 3. The average molecular weight is 403 g/mol. The zero-order valence-electron chi connectivity index (χ0n) is 15.6. The molecule has 0 aliphatic carbocycles. The number of amides is 1. The molecule has 0 saturated heterocycles. The fourth-order valence-corrected chi connectivity index (χ4v) is 3.15. The highest BCUT2D eigenvalue weighted by Gasteiger charge is 2.18. The van der Waals surface area contributed by atoms with Crippen molar-refractivity contribution in [3.05, 3.63) is 101 Å². The molecule has 0 spiro atoms. The first-order valence-corrected chi connectivity index (χ1v) is 9.67. The molecule has 1 N–H and O–H groups in total. The van der Waals surface area contributed by atoms with Crippen LogP contribution in [0.25, 0.3) is 16.9 Å². The number of hydrogen-bond donors (Lipinski definition) is 1. The number of para-hydroxylation sites is 1. The molecule has 0 bridgehead atoms. The number of pyridine rings is 1. The molecule has 0 radical (unpaired) electrons. The van der Waals surface area contributed by atoms with E-state index in [0.717, 1.165) is 16.9 Å². The minimum Gasteiger partial charge on any atom is -0.352 e. The van der Waals surface area contributed by atoms with E-state index in [1.54, 1.807) is 29.2 Å². The first kappa shape index (κ1) is 18.9. The number of nitrogens with zero attached hydrogens (tertiary/aromatic N) is 3. The number of aromatic nitrogens is 3. The third kappa shape index (κ3) is 4.52. The molecule has 1 amide bonds. The van der Waals surface area contributed by atoms with Crippen molar-refractivity contribution in [2.45, 2.75) is 6.42 Å². The topological polar surface area (TPSA) is 59.8 Å². The predicted octanol–water partition coefficient (Wildman–Crippen LogP) is 4.56. The summed E-state index contributed by atoms with van der Waals surface area (Å²) in [5.74, 6) is -0.173. The van der Waals surface area contributed by atoms with Gasteiger partial charge >= 0.3 is 0 Å². The van der Waals surface area contributed by atoms with E-state index in [0.29, 0.717) is 29.2 Å². The Hall–Kier alpha value is -3.44. The number of nitrogens with one attached hydrogen (secondary N) is 1. The summed E-state index contributed by atoms with van der Waals surface area (Å²) in [4.78, 5) is 17.2. The maximum absolute atomic E-state index is 12.9. The Balaban J connectivity index is 1.60. The maximum Gasteiger partial charge on any atom is 0.255 e. The largest absolute Gasteiger partial charge is 0.352 e. The molecule has 0 unspecified atom stereocenters. The minimum absolute atomic E-state index is 0.173. The van der Waals surface area contributed by atoms with Gasteiger partial charge < -0.3 is 5.32 Å². The standard InChI is InChI=1S/C23H19ClN4O/c24-18-11-9-17(10-12-18)22-21(16-28(27-22)20-7-2-1-3-8-20)23(29)26-15-13-19-6-4-5-14-25-19/h1-12,14,16H,13,15H2,(H,26,29). The van der Waals surface area contributed by atoms with E-state index >= 15 is 0 Å². The Bertz CT molecular complexity index is 1090. The van der Waals surface area contributed by atoms with Crippen molar-refractivity contribution in [3.8, 4) is 16.9 Å². The van der Waals surface area contributed by atoms with Crippen molar-refractivity contribution in [1.82, 2.24) is 20.1 Å². The molecule has 5 nitrogen and oxygen atoms in total. The number of halogens is 1. The highest BCUT2D eigenvalue weighted by molar-refractivity contribution is 6.30. The molecule has 4 aromatic rings. The molecule has 0 atom stereocenters. The van der Waals surface area contributed by atoms with Gasteiger partial charge in [0.1, 0.15) is 5.69 Å². The van der Waals surface area contributed by atoms with Gasteiger partial charge in [0.2, 0.25) is 0 Å². The molecule has 0 aliphatic heterocycles. The zero-order valence-corrected chi connectivity index (χ0v) is 16.4. The fraction of sp³-hybridized carbons (Fsp3) is 0.0870. The van der Waals surface area contributed by atoms with Crippen molar-refractivity contribution in [1.29, 1.82) is 0 Å². The van der Waals surface area contributed by atoms with Gasteiger partial charge in [-0.2, -0.15) is 5.10 Å². The SMILES string of the molecule is O=C(NCCc1ccccn1)c1cn(-c2ccccc2)nc1-c1ccc(Cl)cc1. The molecule has 0 aliphatic rings. The molecule has 29 heavy (non-hydrogen) atoms. The first-order chi connectivity index (χ1) is 14.2. The summed E-state index contributed by atoms with van der Waals surface area (Å²) in [6, 6.07) is 22.8. The summed E-state index contributed by atoms with van der Waals surface area (Å²) < 4.78 is 1.72. The van der Waals surface area contributed by atoms with Crippen molar-refractivity contribution in [3.63, 3.8) is 0 Å². The summed E-state index contributed by atoms with van der Waals surface area (Å²) in [5, 5.41) is 8.28. The Morgan fingerprint density at radius 2 is 1.72 bits per heavy atom. The molecule has 2 aromatic carbocycles. The molecule has 144 valence electrons. The van der Waals surface area contributed by atoms with Crippen LogP contribution in [0.5, 0.6) is 0 Å². The Kier molecular flexibility index (Phi) is 5.68. The predicted molar refractivity (Wildman–Crippen MR) is 114 cm³/mol. The maximum atomic E-state index is 12.9. The van der Waals surface area contributed by atoms with Crippen LogP contribution in [0.15, 0.2) is 85.2 Å². The molecule has 4 rings (SSSR count). The van der Waals surface area contributed by atoms with Crippen LogP contribution in [-0.2, 0) is 6.42 Å². The van der Waals surface area contributed by atoms with Crippen molar-refractivity contribution in [2.75, 3.05) is 6.54 Å². The lowest BCUT2D eigenvalue weighted by Crippen LogP contribution is -2.26. The van der Waals surface area contributed by atoms with Crippen LogP contribution in [0.3, 0.4) is 0 Å². The van der Waals surface area contributed by atoms with Gasteiger partial charge in [-0.1, -0.05) is 48.0 Å². The summed E-state index contributed by atoms with van der Waals surface area (Å²) in [7, 11) is 0. The normalized spacial score (nSPS) is 10.7. The second-order valence-corrected chi connectivity index (χ2v) is 6.94. The molecule has 2 heterocycles. The van der Waals surface area contributed by atoms with Crippen LogP contribution in [-0.4, -0.2) is 27.2 Å². The monoisotopic (exact) mass is 402 g/mol. The smallest absolute Gasteiger partial charge is 0.255 e. The summed E-state index contributed by atoms with van der Waals surface area (Å²) in [5.41, 5.74) is 3.78. The fourth-order valence-electron chi connectivity index (χ4n) is 3.02. The van der Waals surface area contributed by atoms with Crippen LogP contribution in [0.1, 0.15) is 16.1 Å². The van der Waals surface area contributed by atoms with Gasteiger partial charge in [0, 0.05) is 41.6 Å². The summed E-state index contributed by atoms with van der Waals surface area (Å²) >= 11 is 6.02. The van der Waals surface area contributed by atoms with Crippen molar-refractivity contribution >= 4 is 17.5 Å². The van der Waals surface area contributed by atoms with E-state index in [1.165, 1.54) is 0 Å². The first-order valence-electron chi connectivity index (χ1n) is 9.30. The van der Waals surface area contributed by atoms with Gasteiger partial charge in [-0.3, -0.25) is 9.78 Å². The third-order valence-electron chi connectivity index (χ3n) is 4.49. The van der Waals surface area contributed by atoms with Gasteiger partial charge in [0.25, 0.3) is 5.91 Å². The van der Waals surface area contributed by atoms with E-state index in [1.807, 2.05) is 60.7 Å². The zero-order chi connectivity index (χ0) is 20.1. The molecule has 0 saturated carbocycles. The number of benzene rings is 2. The molecular formula is C23H19ClN4O. The highest BCUT2D eigenvalue weighted by Crippen LogP contribution is 2.25. The van der Waals surface area contributed by atoms with Crippen molar-refractivity contribution in [2.24, 2.45) is 0 Å². The van der Waals surface area contributed by atoms with Crippen LogP contribution < -0.4 is 5.32 Å². The highest BCUT2D eigenvalue weighted by atomic mass is 35.5. The summed E-state index contributed by atoms with van der Waals surface area (Å²) in [6.07, 6.45) is 4.17. The number of rotatable bonds is 6. The van der Waals surface area contributed by atoms with E-state index < -0.39 is 0 Å². The third-order valence-corrected chi connectivity index (χ3v) is 4.74. The lowest BCUT2D eigenvalue weighted by Gasteiger charge is -2.05. The van der Waals surface area contributed by atoms with Gasteiger partial charge in [0.15, 0.2) is 0 Å². The Labute approximate surface area is 174 Å². The molecule has 0 fully saturated rings. The average Bonchev–Trinajstić information content (AvgIpc) is 3.21.